The lowest BCUT2D eigenvalue weighted by Gasteiger charge is -2.24. The van der Waals surface area contributed by atoms with E-state index in [-0.39, 0.29) is 0 Å². The molecule has 4 heterocycles. The molecule has 0 amide bonds. The van der Waals surface area contributed by atoms with E-state index in [1.54, 1.807) is 0 Å². The van der Waals surface area contributed by atoms with Crippen LogP contribution in [0.2, 0.25) is 0 Å². The number of benzene rings is 8. The van der Waals surface area contributed by atoms with Gasteiger partial charge in [0.2, 0.25) is 6.29 Å². The fourth-order valence-electron chi connectivity index (χ4n) is 8.71. The summed E-state index contributed by atoms with van der Waals surface area (Å²) in [5, 5.41) is 12.8. The van der Waals surface area contributed by atoms with Gasteiger partial charge in [-0.1, -0.05) is 133 Å². The van der Waals surface area contributed by atoms with Gasteiger partial charge in [-0.05, 0) is 47.9 Å². The number of hydrogen-bond donors (Lipinski definition) is 1. The summed E-state index contributed by atoms with van der Waals surface area (Å²) in [5.74, 6) is 1.49. The number of hydrogen-bond acceptors (Lipinski definition) is 4. The van der Waals surface area contributed by atoms with Crippen molar-refractivity contribution in [2.75, 3.05) is 0 Å². The Morgan fingerprint density at radius 3 is 1.85 bits per heavy atom. The Bertz CT molecular complexity index is 3400. The van der Waals surface area contributed by atoms with Crippen LogP contribution < -0.4 is 5.32 Å². The van der Waals surface area contributed by atoms with Crippen molar-refractivity contribution in [2.45, 2.75) is 6.29 Å². The van der Waals surface area contributed by atoms with Crippen LogP contribution in [-0.4, -0.2) is 20.8 Å². The maximum absolute atomic E-state index is 6.63. The van der Waals surface area contributed by atoms with Gasteiger partial charge in [-0.15, -0.1) is 0 Å². The Balaban J connectivity index is 1.15. The van der Waals surface area contributed by atoms with Crippen molar-refractivity contribution in [3.8, 4) is 5.69 Å². The summed E-state index contributed by atoms with van der Waals surface area (Å²) in [4.78, 5) is 10.9. The highest BCUT2D eigenvalue weighted by atomic mass is 16.3. The number of nitrogens with one attached hydrogen (secondary N) is 1. The average molecular weight is 706 g/mol. The van der Waals surface area contributed by atoms with Crippen molar-refractivity contribution in [1.29, 1.82) is 0 Å². The third kappa shape index (κ3) is 4.42. The Hall–Kier alpha value is -7.44. The molecule has 1 atom stereocenters. The molecule has 6 heteroatoms. The van der Waals surface area contributed by atoms with Gasteiger partial charge >= 0.3 is 0 Å². The fraction of sp³-hybridized carbons (Fsp3) is 0.0204. The molecule has 1 N–H and O–H groups in total. The molecule has 1 unspecified atom stereocenters. The number of nitrogens with zero attached hydrogens (tertiary/aromatic N) is 4. The maximum atomic E-state index is 6.63. The van der Waals surface area contributed by atoms with Gasteiger partial charge in [0.1, 0.15) is 22.8 Å². The fourth-order valence-corrected chi connectivity index (χ4v) is 8.71. The number of amidine groups is 2. The van der Waals surface area contributed by atoms with Gasteiger partial charge in [0.25, 0.3) is 0 Å². The van der Waals surface area contributed by atoms with Crippen LogP contribution in [0.1, 0.15) is 17.4 Å². The SMILES string of the molecule is c1ccc(C2=NC(n3c4ccccc4c4ccc5c6ccccc6n(-c6ccccc6)c5c43)N=C(c3ccc4c(c3)oc3c5ccccc5ccc43)N2)cc1. The summed E-state index contributed by atoms with van der Waals surface area (Å²) in [6.45, 7) is 0. The van der Waals surface area contributed by atoms with Gasteiger partial charge in [-0.2, -0.15) is 0 Å². The van der Waals surface area contributed by atoms with Crippen molar-refractivity contribution in [2.24, 2.45) is 9.98 Å². The van der Waals surface area contributed by atoms with Gasteiger partial charge in [0, 0.05) is 54.5 Å². The van der Waals surface area contributed by atoms with Gasteiger partial charge in [0.15, 0.2) is 0 Å². The first kappa shape index (κ1) is 30.1. The van der Waals surface area contributed by atoms with Crippen LogP contribution in [0.25, 0.3) is 82.0 Å². The molecular formula is C49H31N5O. The van der Waals surface area contributed by atoms with Gasteiger partial charge in [-0.3, -0.25) is 4.57 Å². The highest BCUT2D eigenvalue weighted by Crippen LogP contribution is 2.42. The zero-order valence-corrected chi connectivity index (χ0v) is 29.5. The van der Waals surface area contributed by atoms with E-state index in [0.717, 1.165) is 94.0 Å². The summed E-state index contributed by atoms with van der Waals surface area (Å²) in [6.07, 6.45) is -0.614. The summed E-state index contributed by atoms with van der Waals surface area (Å²) in [7, 11) is 0. The second-order valence-corrected chi connectivity index (χ2v) is 14.2. The zero-order valence-electron chi connectivity index (χ0n) is 29.5. The molecule has 1 aliphatic heterocycles. The molecule has 0 bridgehead atoms. The minimum atomic E-state index is -0.614. The topological polar surface area (TPSA) is 59.8 Å². The Kier molecular flexibility index (Phi) is 6.30. The third-order valence-corrected chi connectivity index (χ3v) is 11.2. The van der Waals surface area contributed by atoms with Gasteiger partial charge < -0.3 is 14.3 Å². The predicted octanol–water partition coefficient (Wildman–Crippen LogP) is 11.9. The standard InChI is InChI=1S/C49H31N5O/c1-3-14-31(15-4-1)47-50-48(32-24-25-37-40-26-23-30-13-7-8-18-34(30)46(40)55-43(37)29-32)52-49(51-47)54-42-22-12-10-20-36(42)39-28-27-38-35-19-9-11-21-41(35)53(44(38)45(39)54)33-16-5-2-6-17-33/h1-29,49H,(H,50,51,52). The summed E-state index contributed by atoms with van der Waals surface area (Å²) >= 11 is 0. The van der Waals surface area contributed by atoms with Crippen LogP contribution in [0.4, 0.5) is 0 Å². The lowest BCUT2D eigenvalue weighted by molar-refractivity contribution is 0.576. The Morgan fingerprint density at radius 2 is 1.05 bits per heavy atom. The summed E-state index contributed by atoms with van der Waals surface area (Å²) in [6, 6.07) is 61.9. The van der Waals surface area contributed by atoms with E-state index < -0.39 is 6.29 Å². The van der Waals surface area contributed by atoms with Crippen molar-refractivity contribution < 1.29 is 4.42 Å². The van der Waals surface area contributed by atoms with E-state index in [0.29, 0.717) is 0 Å². The molecule has 3 aromatic heterocycles. The first-order valence-electron chi connectivity index (χ1n) is 18.6. The third-order valence-electron chi connectivity index (χ3n) is 11.2. The van der Waals surface area contributed by atoms with E-state index >= 15 is 0 Å². The van der Waals surface area contributed by atoms with Crippen LogP contribution in [0, 0.1) is 0 Å². The second-order valence-electron chi connectivity index (χ2n) is 14.2. The zero-order chi connectivity index (χ0) is 36.0. The molecular weight excluding hydrogens is 675 g/mol. The number of para-hydroxylation sites is 3. The first-order chi connectivity index (χ1) is 27.3. The van der Waals surface area contributed by atoms with Gasteiger partial charge in [-0.25, -0.2) is 9.98 Å². The van der Waals surface area contributed by atoms with E-state index in [2.05, 4.69) is 172 Å². The Labute approximate surface area is 314 Å². The summed E-state index contributed by atoms with van der Waals surface area (Å²) < 4.78 is 11.4. The van der Waals surface area contributed by atoms with Crippen molar-refractivity contribution in [3.05, 3.63) is 187 Å². The van der Waals surface area contributed by atoms with Crippen LogP contribution in [0.3, 0.4) is 0 Å². The lowest BCUT2D eigenvalue weighted by atomic mass is 10.0. The molecule has 0 radical (unpaired) electrons. The first-order valence-corrected chi connectivity index (χ1v) is 18.6. The number of aliphatic imine (C=N–C) groups is 2. The highest BCUT2D eigenvalue weighted by Gasteiger charge is 2.27. The molecule has 11 aromatic rings. The van der Waals surface area contributed by atoms with Crippen LogP contribution in [-0.2, 0) is 0 Å². The van der Waals surface area contributed by atoms with E-state index in [1.807, 2.05) is 18.2 Å². The molecule has 8 aromatic carbocycles. The van der Waals surface area contributed by atoms with Gasteiger partial charge in [0.05, 0.1) is 22.1 Å². The smallest absolute Gasteiger partial charge is 0.225 e. The molecule has 55 heavy (non-hydrogen) atoms. The van der Waals surface area contributed by atoms with E-state index in [9.17, 15) is 0 Å². The summed E-state index contributed by atoms with van der Waals surface area (Å²) in [5.41, 5.74) is 9.18. The van der Waals surface area contributed by atoms with Crippen LogP contribution >= 0.6 is 0 Å². The molecule has 0 spiro atoms. The normalized spacial score (nSPS) is 14.7. The minimum Gasteiger partial charge on any atom is -0.455 e. The molecule has 6 nitrogen and oxygen atoms in total. The van der Waals surface area contributed by atoms with Crippen molar-refractivity contribution in [3.63, 3.8) is 0 Å². The lowest BCUT2D eigenvalue weighted by Crippen LogP contribution is -2.36. The van der Waals surface area contributed by atoms with Crippen molar-refractivity contribution >= 4 is 88.0 Å². The second kappa shape index (κ2) is 11.5. The molecule has 0 fully saturated rings. The van der Waals surface area contributed by atoms with Crippen molar-refractivity contribution in [1.82, 2.24) is 14.5 Å². The predicted molar refractivity (Wildman–Crippen MR) is 227 cm³/mol. The molecule has 0 aliphatic carbocycles. The highest BCUT2D eigenvalue weighted by molar-refractivity contribution is 6.24. The quantitative estimate of drug-likeness (QED) is 0.198. The molecule has 0 saturated carbocycles. The molecule has 0 saturated heterocycles. The average Bonchev–Trinajstić information content (AvgIpc) is 3.92. The van der Waals surface area contributed by atoms with E-state index in [4.69, 9.17) is 14.4 Å². The van der Waals surface area contributed by atoms with E-state index in [1.165, 1.54) is 10.8 Å². The molecule has 1 aliphatic rings. The number of furan rings is 1. The maximum Gasteiger partial charge on any atom is 0.225 e. The molecule has 12 rings (SSSR count). The number of fused-ring (bicyclic) bond motifs is 12. The monoisotopic (exact) mass is 705 g/mol. The minimum absolute atomic E-state index is 0.614. The largest absolute Gasteiger partial charge is 0.455 e. The Morgan fingerprint density at radius 1 is 0.455 bits per heavy atom. The number of aromatic nitrogens is 2. The van der Waals surface area contributed by atoms with Crippen LogP contribution in [0.15, 0.2) is 190 Å². The number of rotatable bonds is 4. The van der Waals surface area contributed by atoms with Crippen LogP contribution in [0.5, 0.6) is 0 Å². The molecule has 258 valence electrons.